The third-order valence-electron chi connectivity index (χ3n) is 3.10. The molecule has 0 spiro atoms. The Hall–Kier alpha value is -1.66. The molecule has 6 heteroatoms. The molecular formula is C14H19N3O2S. The number of imidazole rings is 1. The van der Waals surface area contributed by atoms with Gasteiger partial charge in [0.25, 0.3) is 0 Å². The van der Waals surface area contributed by atoms with Gasteiger partial charge in [0.2, 0.25) is 0 Å². The van der Waals surface area contributed by atoms with E-state index in [1.54, 1.807) is 19.4 Å². The lowest BCUT2D eigenvalue weighted by Gasteiger charge is -2.07. The third kappa shape index (κ3) is 4.18. The Morgan fingerprint density at radius 1 is 1.25 bits per heavy atom. The Bertz CT molecular complexity index is 619. The number of nitrogens with zero attached hydrogens (tertiary/aromatic N) is 2. The molecule has 0 aliphatic rings. The minimum atomic E-state index is -2.88. The normalized spacial score (nSPS) is 11.7. The van der Waals surface area contributed by atoms with Crippen molar-refractivity contribution in [1.82, 2.24) is 14.9 Å². The summed E-state index contributed by atoms with van der Waals surface area (Å²) >= 11 is 0. The molecule has 0 amide bonds. The molecule has 1 aromatic heterocycles. The Balaban J connectivity index is 1.83. The SMILES string of the molecule is CCS(=O)(=O)CCNCc1ccc(-n2ccnc2)cc1. The van der Waals surface area contributed by atoms with Gasteiger partial charge in [0.05, 0.1) is 12.1 Å². The second kappa shape index (κ2) is 6.67. The minimum absolute atomic E-state index is 0.191. The summed E-state index contributed by atoms with van der Waals surface area (Å²) in [5.74, 6) is 0.394. The first kappa shape index (κ1) is 14.7. The van der Waals surface area contributed by atoms with E-state index < -0.39 is 9.84 Å². The van der Waals surface area contributed by atoms with Crippen LogP contribution in [0.2, 0.25) is 0 Å². The van der Waals surface area contributed by atoms with E-state index in [9.17, 15) is 8.42 Å². The molecule has 0 atom stereocenters. The fraction of sp³-hybridized carbons (Fsp3) is 0.357. The maximum atomic E-state index is 11.3. The zero-order valence-electron chi connectivity index (χ0n) is 11.5. The lowest BCUT2D eigenvalue weighted by atomic mass is 10.2. The van der Waals surface area contributed by atoms with Crippen LogP contribution in [0, 0.1) is 0 Å². The van der Waals surface area contributed by atoms with Gasteiger partial charge in [-0.1, -0.05) is 19.1 Å². The van der Waals surface area contributed by atoms with Crippen molar-refractivity contribution in [2.24, 2.45) is 0 Å². The predicted octanol–water partition coefficient (Wildman–Crippen LogP) is 1.40. The molecular weight excluding hydrogens is 274 g/mol. The van der Waals surface area contributed by atoms with Crippen molar-refractivity contribution < 1.29 is 8.42 Å². The molecule has 0 saturated carbocycles. The van der Waals surface area contributed by atoms with Gasteiger partial charge in [-0.05, 0) is 17.7 Å². The molecule has 0 fully saturated rings. The molecule has 0 aliphatic carbocycles. The fourth-order valence-electron chi connectivity index (χ4n) is 1.80. The van der Waals surface area contributed by atoms with E-state index in [0.717, 1.165) is 11.3 Å². The van der Waals surface area contributed by atoms with Gasteiger partial charge in [-0.2, -0.15) is 0 Å². The summed E-state index contributed by atoms with van der Waals surface area (Å²) in [5.41, 5.74) is 2.18. The fourth-order valence-corrected chi connectivity index (χ4v) is 2.55. The summed E-state index contributed by atoms with van der Waals surface area (Å²) in [6.45, 7) is 2.83. The molecule has 2 aromatic rings. The van der Waals surface area contributed by atoms with Crippen LogP contribution >= 0.6 is 0 Å². The molecule has 0 saturated heterocycles. The molecule has 5 nitrogen and oxygen atoms in total. The van der Waals surface area contributed by atoms with Gasteiger partial charge >= 0.3 is 0 Å². The zero-order chi connectivity index (χ0) is 14.4. The van der Waals surface area contributed by atoms with Crippen molar-refractivity contribution in [2.75, 3.05) is 18.1 Å². The predicted molar refractivity (Wildman–Crippen MR) is 79.6 cm³/mol. The average molecular weight is 293 g/mol. The smallest absolute Gasteiger partial charge is 0.151 e. The number of nitrogens with one attached hydrogen (secondary N) is 1. The van der Waals surface area contributed by atoms with Crippen molar-refractivity contribution in [2.45, 2.75) is 13.5 Å². The van der Waals surface area contributed by atoms with Crippen LogP contribution in [-0.2, 0) is 16.4 Å². The van der Waals surface area contributed by atoms with E-state index in [1.165, 1.54) is 0 Å². The topological polar surface area (TPSA) is 64.0 Å². The molecule has 0 bridgehead atoms. The van der Waals surface area contributed by atoms with Gasteiger partial charge in [-0.3, -0.25) is 0 Å². The van der Waals surface area contributed by atoms with E-state index >= 15 is 0 Å². The van der Waals surface area contributed by atoms with Gasteiger partial charge in [0.15, 0.2) is 9.84 Å². The van der Waals surface area contributed by atoms with E-state index in [-0.39, 0.29) is 11.5 Å². The van der Waals surface area contributed by atoms with E-state index in [0.29, 0.717) is 13.1 Å². The largest absolute Gasteiger partial charge is 0.312 e. The number of hydrogen-bond acceptors (Lipinski definition) is 4. The molecule has 0 unspecified atom stereocenters. The van der Waals surface area contributed by atoms with Crippen molar-refractivity contribution in [1.29, 1.82) is 0 Å². The van der Waals surface area contributed by atoms with Gasteiger partial charge in [0.1, 0.15) is 0 Å². The second-order valence-corrected chi connectivity index (χ2v) is 7.02. The van der Waals surface area contributed by atoms with E-state index in [1.807, 2.05) is 35.0 Å². The maximum absolute atomic E-state index is 11.3. The van der Waals surface area contributed by atoms with Crippen LogP contribution in [0.3, 0.4) is 0 Å². The molecule has 20 heavy (non-hydrogen) atoms. The van der Waals surface area contributed by atoms with Crippen molar-refractivity contribution in [3.8, 4) is 5.69 Å². The van der Waals surface area contributed by atoms with Crippen LogP contribution in [0.1, 0.15) is 12.5 Å². The number of rotatable bonds is 7. The van der Waals surface area contributed by atoms with Gasteiger partial charge < -0.3 is 9.88 Å². The second-order valence-electron chi connectivity index (χ2n) is 4.55. The Labute approximate surface area is 119 Å². The quantitative estimate of drug-likeness (QED) is 0.784. The van der Waals surface area contributed by atoms with Crippen LogP contribution in [0.4, 0.5) is 0 Å². The standard InChI is InChI=1S/C14H19N3O2S/c1-2-20(18,19)10-8-15-11-13-3-5-14(6-4-13)17-9-7-16-12-17/h3-7,9,12,15H,2,8,10-11H2,1H3. The lowest BCUT2D eigenvalue weighted by molar-refractivity contribution is 0.592. The minimum Gasteiger partial charge on any atom is -0.312 e. The molecule has 108 valence electrons. The van der Waals surface area contributed by atoms with Gasteiger partial charge in [-0.25, -0.2) is 13.4 Å². The molecule has 1 aromatic carbocycles. The van der Waals surface area contributed by atoms with Crippen LogP contribution < -0.4 is 5.32 Å². The monoisotopic (exact) mass is 293 g/mol. The summed E-state index contributed by atoms with van der Waals surface area (Å²) in [7, 11) is -2.88. The number of aromatic nitrogens is 2. The first-order chi connectivity index (χ1) is 9.61. The van der Waals surface area contributed by atoms with E-state index in [4.69, 9.17) is 0 Å². The maximum Gasteiger partial charge on any atom is 0.151 e. The summed E-state index contributed by atoms with van der Waals surface area (Å²) in [5, 5.41) is 3.15. The van der Waals surface area contributed by atoms with Gasteiger partial charge in [-0.15, -0.1) is 0 Å². The summed E-state index contributed by atoms with van der Waals surface area (Å²) in [6.07, 6.45) is 5.38. The van der Waals surface area contributed by atoms with Crippen LogP contribution in [-0.4, -0.2) is 36.0 Å². The number of sulfone groups is 1. The van der Waals surface area contributed by atoms with E-state index in [2.05, 4.69) is 10.3 Å². The van der Waals surface area contributed by atoms with Crippen molar-refractivity contribution in [3.05, 3.63) is 48.5 Å². The first-order valence-corrected chi connectivity index (χ1v) is 8.41. The Morgan fingerprint density at radius 3 is 2.60 bits per heavy atom. The highest BCUT2D eigenvalue weighted by Crippen LogP contribution is 2.09. The van der Waals surface area contributed by atoms with Crippen LogP contribution in [0.25, 0.3) is 5.69 Å². The Morgan fingerprint density at radius 2 is 2.00 bits per heavy atom. The average Bonchev–Trinajstić information content (AvgIpc) is 2.98. The summed E-state index contributed by atoms with van der Waals surface area (Å²) < 4.78 is 24.6. The molecule has 0 radical (unpaired) electrons. The molecule has 0 aliphatic heterocycles. The molecule has 1 heterocycles. The highest BCUT2D eigenvalue weighted by atomic mass is 32.2. The molecule has 2 rings (SSSR count). The van der Waals surface area contributed by atoms with Crippen molar-refractivity contribution >= 4 is 9.84 Å². The number of benzene rings is 1. The lowest BCUT2D eigenvalue weighted by Crippen LogP contribution is -2.23. The highest BCUT2D eigenvalue weighted by molar-refractivity contribution is 7.91. The molecule has 1 N–H and O–H groups in total. The first-order valence-electron chi connectivity index (χ1n) is 6.59. The zero-order valence-corrected chi connectivity index (χ0v) is 12.3. The summed E-state index contributed by atoms with van der Waals surface area (Å²) in [6, 6.07) is 8.08. The number of hydrogen-bond donors (Lipinski definition) is 1. The summed E-state index contributed by atoms with van der Waals surface area (Å²) in [4.78, 5) is 4.01. The highest BCUT2D eigenvalue weighted by Gasteiger charge is 2.05. The van der Waals surface area contributed by atoms with Crippen LogP contribution in [0.15, 0.2) is 43.0 Å². The van der Waals surface area contributed by atoms with Crippen molar-refractivity contribution in [3.63, 3.8) is 0 Å². The van der Waals surface area contributed by atoms with Gasteiger partial charge in [0, 0.05) is 36.9 Å². The Kier molecular flexibility index (Phi) is 4.92. The van der Waals surface area contributed by atoms with Crippen LogP contribution in [0.5, 0.6) is 0 Å². The third-order valence-corrected chi connectivity index (χ3v) is 4.80.